The van der Waals surface area contributed by atoms with Crippen molar-refractivity contribution in [1.82, 2.24) is 9.78 Å². The van der Waals surface area contributed by atoms with Gasteiger partial charge in [0.1, 0.15) is 0 Å². The van der Waals surface area contributed by atoms with Crippen molar-refractivity contribution in [3.05, 3.63) is 41.6 Å². The van der Waals surface area contributed by atoms with Gasteiger partial charge in [0.05, 0.1) is 10.6 Å². The Morgan fingerprint density at radius 3 is 2.52 bits per heavy atom. The van der Waals surface area contributed by atoms with Gasteiger partial charge in [-0.3, -0.25) is 9.48 Å². The SMILES string of the molecule is CCS(=O)(=O)c1ccc(C(=O)Nc2cc(C3CC3)n(C)n2)cc1. The third kappa shape index (κ3) is 3.29. The Labute approximate surface area is 135 Å². The van der Waals surface area contributed by atoms with Crippen LogP contribution in [-0.2, 0) is 16.9 Å². The van der Waals surface area contributed by atoms with Crippen LogP contribution in [0.2, 0.25) is 0 Å². The Kier molecular flexibility index (Phi) is 3.97. The van der Waals surface area contributed by atoms with Gasteiger partial charge in [-0.15, -0.1) is 0 Å². The molecule has 1 saturated carbocycles. The summed E-state index contributed by atoms with van der Waals surface area (Å²) in [6.07, 6.45) is 2.33. The first-order chi connectivity index (χ1) is 10.9. The Morgan fingerprint density at radius 1 is 1.30 bits per heavy atom. The van der Waals surface area contributed by atoms with E-state index < -0.39 is 9.84 Å². The minimum atomic E-state index is -3.25. The first kappa shape index (κ1) is 15.7. The molecule has 0 atom stereocenters. The van der Waals surface area contributed by atoms with Crippen LogP contribution in [0, 0.1) is 0 Å². The van der Waals surface area contributed by atoms with Crippen molar-refractivity contribution in [3.63, 3.8) is 0 Å². The highest BCUT2D eigenvalue weighted by Crippen LogP contribution is 2.40. The summed E-state index contributed by atoms with van der Waals surface area (Å²) in [5, 5.41) is 7.05. The van der Waals surface area contributed by atoms with Crippen LogP contribution in [0.4, 0.5) is 5.82 Å². The highest BCUT2D eigenvalue weighted by Gasteiger charge is 2.27. The summed E-state index contributed by atoms with van der Waals surface area (Å²) in [4.78, 5) is 12.5. The van der Waals surface area contributed by atoms with Crippen molar-refractivity contribution >= 4 is 21.6 Å². The fraction of sp³-hybridized carbons (Fsp3) is 0.375. The molecule has 0 saturated heterocycles. The van der Waals surface area contributed by atoms with E-state index in [9.17, 15) is 13.2 Å². The number of rotatable bonds is 5. The average Bonchev–Trinajstić information content (AvgIpc) is 3.31. The number of carbonyl (C=O) groups excluding carboxylic acids is 1. The predicted molar refractivity (Wildman–Crippen MR) is 87.3 cm³/mol. The monoisotopic (exact) mass is 333 g/mol. The first-order valence-electron chi connectivity index (χ1n) is 7.59. The number of anilines is 1. The Balaban J connectivity index is 1.74. The molecule has 0 unspecified atom stereocenters. The number of hydrogen-bond acceptors (Lipinski definition) is 4. The fourth-order valence-electron chi connectivity index (χ4n) is 2.47. The average molecular weight is 333 g/mol. The predicted octanol–water partition coefficient (Wildman–Crippen LogP) is 2.34. The van der Waals surface area contributed by atoms with Crippen LogP contribution in [0.1, 0.15) is 41.7 Å². The van der Waals surface area contributed by atoms with Gasteiger partial charge in [-0.2, -0.15) is 5.10 Å². The summed E-state index contributed by atoms with van der Waals surface area (Å²) in [5.74, 6) is 0.809. The van der Waals surface area contributed by atoms with Gasteiger partial charge in [0, 0.05) is 30.3 Å². The molecule has 1 aliphatic rings. The van der Waals surface area contributed by atoms with E-state index in [-0.39, 0.29) is 16.6 Å². The Morgan fingerprint density at radius 2 is 1.96 bits per heavy atom. The van der Waals surface area contributed by atoms with Gasteiger partial charge < -0.3 is 5.32 Å². The lowest BCUT2D eigenvalue weighted by Crippen LogP contribution is -2.13. The van der Waals surface area contributed by atoms with Crippen LogP contribution in [-0.4, -0.2) is 29.9 Å². The van der Waals surface area contributed by atoms with Crippen LogP contribution >= 0.6 is 0 Å². The summed E-state index contributed by atoms with van der Waals surface area (Å²) >= 11 is 0. The second kappa shape index (κ2) is 5.81. The number of hydrogen-bond donors (Lipinski definition) is 1. The maximum Gasteiger partial charge on any atom is 0.256 e. The molecule has 1 heterocycles. The number of aromatic nitrogens is 2. The molecular formula is C16H19N3O3S. The zero-order valence-corrected chi connectivity index (χ0v) is 13.9. The van der Waals surface area contributed by atoms with E-state index >= 15 is 0 Å². The maximum absolute atomic E-state index is 12.2. The van der Waals surface area contributed by atoms with Crippen LogP contribution in [0.15, 0.2) is 35.2 Å². The standard InChI is InChI=1S/C16H19N3O3S/c1-3-23(21,22)13-8-6-12(7-9-13)16(20)17-15-10-14(11-4-5-11)19(2)18-15/h6-11H,3-5H2,1-2H3,(H,17,18,20). The number of aryl methyl sites for hydroxylation is 1. The number of amides is 1. The molecule has 122 valence electrons. The Hall–Kier alpha value is -2.15. The second-order valence-corrected chi connectivity index (χ2v) is 8.01. The van der Waals surface area contributed by atoms with Gasteiger partial charge >= 0.3 is 0 Å². The molecular weight excluding hydrogens is 314 g/mol. The van der Waals surface area contributed by atoms with Crippen LogP contribution in [0.3, 0.4) is 0 Å². The molecule has 1 fully saturated rings. The molecule has 0 radical (unpaired) electrons. The first-order valence-corrected chi connectivity index (χ1v) is 9.24. The van der Waals surface area contributed by atoms with E-state index in [2.05, 4.69) is 10.4 Å². The molecule has 1 aliphatic carbocycles. The molecule has 3 rings (SSSR count). The van der Waals surface area contributed by atoms with Crippen molar-refractivity contribution in [1.29, 1.82) is 0 Å². The van der Waals surface area contributed by atoms with E-state index in [1.807, 2.05) is 13.1 Å². The van der Waals surface area contributed by atoms with Crippen molar-refractivity contribution in [2.24, 2.45) is 7.05 Å². The summed E-state index contributed by atoms with van der Waals surface area (Å²) < 4.78 is 25.3. The quantitative estimate of drug-likeness (QED) is 0.910. The minimum Gasteiger partial charge on any atom is -0.305 e. The summed E-state index contributed by atoms with van der Waals surface area (Å²) in [7, 11) is -1.38. The molecule has 0 spiro atoms. The number of carbonyl (C=O) groups is 1. The van der Waals surface area contributed by atoms with Crippen molar-refractivity contribution in [2.75, 3.05) is 11.1 Å². The third-order valence-electron chi connectivity index (χ3n) is 4.01. The molecule has 1 N–H and O–H groups in total. The molecule has 1 aromatic heterocycles. The molecule has 6 nitrogen and oxygen atoms in total. The Bertz CT molecular complexity index is 834. The normalized spacial score (nSPS) is 14.7. The van der Waals surface area contributed by atoms with Crippen LogP contribution < -0.4 is 5.32 Å². The van der Waals surface area contributed by atoms with E-state index in [1.54, 1.807) is 11.6 Å². The van der Waals surface area contributed by atoms with Crippen LogP contribution in [0.25, 0.3) is 0 Å². The molecule has 0 bridgehead atoms. The van der Waals surface area contributed by atoms with Gasteiger partial charge in [0.25, 0.3) is 5.91 Å². The summed E-state index contributed by atoms with van der Waals surface area (Å²) in [6, 6.07) is 7.85. The zero-order chi connectivity index (χ0) is 16.6. The molecule has 1 amide bonds. The lowest BCUT2D eigenvalue weighted by atomic mass is 10.2. The smallest absolute Gasteiger partial charge is 0.256 e. The van der Waals surface area contributed by atoms with E-state index in [0.29, 0.717) is 17.3 Å². The summed E-state index contributed by atoms with van der Waals surface area (Å²) in [5.41, 5.74) is 1.53. The number of sulfone groups is 1. The number of nitrogens with one attached hydrogen (secondary N) is 1. The topological polar surface area (TPSA) is 81.1 Å². The van der Waals surface area contributed by atoms with E-state index in [1.165, 1.54) is 37.1 Å². The van der Waals surface area contributed by atoms with Gasteiger partial charge in [-0.05, 0) is 37.1 Å². The molecule has 7 heteroatoms. The zero-order valence-electron chi connectivity index (χ0n) is 13.1. The lowest BCUT2D eigenvalue weighted by Gasteiger charge is -2.04. The van der Waals surface area contributed by atoms with Crippen molar-refractivity contribution in [3.8, 4) is 0 Å². The van der Waals surface area contributed by atoms with Crippen molar-refractivity contribution < 1.29 is 13.2 Å². The van der Waals surface area contributed by atoms with Gasteiger partial charge in [-0.1, -0.05) is 6.92 Å². The molecule has 1 aromatic carbocycles. The number of benzene rings is 1. The minimum absolute atomic E-state index is 0.0381. The highest BCUT2D eigenvalue weighted by molar-refractivity contribution is 7.91. The fourth-order valence-corrected chi connectivity index (χ4v) is 3.36. The summed E-state index contributed by atoms with van der Waals surface area (Å²) in [6.45, 7) is 1.59. The molecule has 23 heavy (non-hydrogen) atoms. The van der Waals surface area contributed by atoms with Crippen LogP contribution in [0.5, 0.6) is 0 Å². The molecule has 0 aliphatic heterocycles. The highest BCUT2D eigenvalue weighted by atomic mass is 32.2. The van der Waals surface area contributed by atoms with Gasteiger partial charge in [0.15, 0.2) is 15.7 Å². The van der Waals surface area contributed by atoms with Gasteiger partial charge in [0.2, 0.25) is 0 Å². The second-order valence-electron chi connectivity index (χ2n) is 5.73. The third-order valence-corrected chi connectivity index (χ3v) is 5.76. The van der Waals surface area contributed by atoms with E-state index in [0.717, 1.165) is 5.69 Å². The van der Waals surface area contributed by atoms with Gasteiger partial charge in [-0.25, -0.2) is 8.42 Å². The number of nitrogens with zero attached hydrogens (tertiary/aromatic N) is 2. The van der Waals surface area contributed by atoms with Crippen molar-refractivity contribution in [2.45, 2.75) is 30.6 Å². The lowest BCUT2D eigenvalue weighted by molar-refractivity contribution is 0.102. The van der Waals surface area contributed by atoms with E-state index in [4.69, 9.17) is 0 Å². The largest absolute Gasteiger partial charge is 0.305 e. The molecule has 2 aromatic rings. The maximum atomic E-state index is 12.2.